The minimum atomic E-state index is 0.154. The second kappa shape index (κ2) is 5.79. The van der Waals surface area contributed by atoms with Crippen LogP contribution in [0.3, 0.4) is 0 Å². The zero-order chi connectivity index (χ0) is 13.2. The molecule has 1 aromatic carbocycles. The maximum absolute atomic E-state index is 6.25. The summed E-state index contributed by atoms with van der Waals surface area (Å²) in [5.74, 6) is 0. The van der Waals surface area contributed by atoms with Gasteiger partial charge in [-0.25, -0.2) is 0 Å². The largest absolute Gasteiger partial charge is 0.310 e. The number of hydrogen-bond donors (Lipinski definition) is 1. The van der Waals surface area contributed by atoms with E-state index in [2.05, 4.69) is 30.1 Å². The van der Waals surface area contributed by atoms with E-state index in [4.69, 9.17) is 23.2 Å². The lowest BCUT2D eigenvalue weighted by Crippen LogP contribution is -2.46. The number of hydrogen-bond acceptors (Lipinski definition) is 2. The molecule has 100 valence electrons. The normalized spacial score (nSPS) is 20.7. The number of halogens is 2. The molecular formula is C14H20Cl2N2. The lowest BCUT2D eigenvalue weighted by Gasteiger charge is -2.30. The summed E-state index contributed by atoms with van der Waals surface area (Å²) < 4.78 is 0. The van der Waals surface area contributed by atoms with Crippen molar-refractivity contribution in [3.8, 4) is 0 Å². The number of nitrogens with zero attached hydrogens (tertiary/aromatic N) is 1. The third kappa shape index (κ3) is 3.61. The summed E-state index contributed by atoms with van der Waals surface area (Å²) in [6.45, 7) is 8.54. The van der Waals surface area contributed by atoms with Crippen LogP contribution in [0, 0.1) is 0 Å². The highest BCUT2D eigenvalue weighted by Crippen LogP contribution is 2.27. The van der Waals surface area contributed by atoms with Crippen LogP contribution in [0.15, 0.2) is 18.2 Å². The zero-order valence-corrected chi connectivity index (χ0v) is 12.5. The van der Waals surface area contributed by atoms with Crippen molar-refractivity contribution >= 4 is 23.2 Å². The Kier molecular flexibility index (Phi) is 4.54. The van der Waals surface area contributed by atoms with Crippen LogP contribution in [0.25, 0.3) is 0 Å². The molecule has 1 fully saturated rings. The van der Waals surface area contributed by atoms with E-state index in [1.807, 2.05) is 12.1 Å². The molecule has 0 spiro atoms. The van der Waals surface area contributed by atoms with Crippen LogP contribution in [0.1, 0.15) is 25.8 Å². The summed E-state index contributed by atoms with van der Waals surface area (Å²) in [5, 5.41) is 4.89. The van der Waals surface area contributed by atoms with E-state index in [0.717, 1.165) is 31.7 Å². The molecule has 0 radical (unpaired) electrons. The first kappa shape index (κ1) is 14.1. The van der Waals surface area contributed by atoms with Crippen LogP contribution in [0.2, 0.25) is 10.0 Å². The Bertz CT molecular complexity index is 418. The van der Waals surface area contributed by atoms with Crippen molar-refractivity contribution in [2.24, 2.45) is 0 Å². The number of rotatable bonds is 2. The first-order chi connectivity index (χ1) is 8.48. The zero-order valence-electron chi connectivity index (χ0n) is 11.0. The Morgan fingerprint density at radius 3 is 2.89 bits per heavy atom. The number of benzene rings is 1. The predicted octanol–water partition coefficient (Wildman–Crippen LogP) is 3.57. The quantitative estimate of drug-likeness (QED) is 0.894. The average Bonchev–Trinajstić information content (AvgIpc) is 2.46. The fraction of sp³-hybridized carbons (Fsp3) is 0.571. The van der Waals surface area contributed by atoms with Gasteiger partial charge in [-0.2, -0.15) is 0 Å². The van der Waals surface area contributed by atoms with Crippen LogP contribution in [0.5, 0.6) is 0 Å². The summed E-state index contributed by atoms with van der Waals surface area (Å²) >= 11 is 12.3. The molecule has 2 rings (SSSR count). The summed E-state index contributed by atoms with van der Waals surface area (Å²) in [4.78, 5) is 2.44. The van der Waals surface area contributed by atoms with E-state index in [-0.39, 0.29) is 5.54 Å². The Labute approximate surface area is 119 Å². The molecule has 1 N–H and O–H groups in total. The minimum absolute atomic E-state index is 0.154. The maximum Gasteiger partial charge on any atom is 0.0637 e. The van der Waals surface area contributed by atoms with Crippen LogP contribution >= 0.6 is 23.2 Å². The maximum atomic E-state index is 6.25. The van der Waals surface area contributed by atoms with E-state index >= 15 is 0 Å². The van der Waals surface area contributed by atoms with E-state index < -0.39 is 0 Å². The van der Waals surface area contributed by atoms with Gasteiger partial charge in [-0.05, 0) is 45.0 Å². The molecule has 0 aromatic heterocycles. The topological polar surface area (TPSA) is 15.3 Å². The van der Waals surface area contributed by atoms with Gasteiger partial charge in [0.15, 0.2) is 0 Å². The molecule has 4 heteroatoms. The molecule has 1 aromatic rings. The summed E-state index contributed by atoms with van der Waals surface area (Å²) in [6, 6.07) is 5.85. The van der Waals surface area contributed by atoms with Gasteiger partial charge < -0.3 is 5.32 Å². The Hall–Kier alpha value is -0.280. The molecule has 0 amide bonds. The van der Waals surface area contributed by atoms with E-state index in [0.29, 0.717) is 10.0 Å². The molecular weight excluding hydrogens is 267 g/mol. The van der Waals surface area contributed by atoms with Gasteiger partial charge in [0.05, 0.1) is 10.0 Å². The van der Waals surface area contributed by atoms with E-state index in [9.17, 15) is 0 Å². The van der Waals surface area contributed by atoms with Gasteiger partial charge in [-0.1, -0.05) is 35.3 Å². The van der Waals surface area contributed by atoms with Crippen molar-refractivity contribution in [1.29, 1.82) is 0 Å². The third-order valence-corrected chi connectivity index (χ3v) is 4.16. The second-order valence-electron chi connectivity index (χ2n) is 5.59. The molecule has 18 heavy (non-hydrogen) atoms. The molecule has 0 bridgehead atoms. The highest BCUT2D eigenvalue weighted by Gasteiger charge is 2.24. The SMILES string of the molecule is CC1(C)CN(Cc2cccc(Cl)c2Cl)CCCN1. The van der Waals surface area contributed by atoms with Gasteiger partial charge in [0.2, 0.25) is 0 Å². The highest BCUT2D eigenvalue weighted by molar-refractivity contribution is 6.42. The fourth-order valence-corrected chi connectivity index (χ4v) is 2.85. The smallest absolute Gasteiger partial charge is 0.0637 e. The van der Waals surface area contributed by atoms with Gasteiger partial charge in [-0.3, -0.25) is 4.90 Å². The first-order valence-electron chi connectivity index (χ1n) is 6.38. The van der Waals surface area contributed by atoms with E-state index in [1.54, 1.807) is 0 Å². The molecule has 0 aliphatic carbocycles. The Balaban J connectivity index is 2.10. The average molecular weight is 287 g/mol. The molecule has 2 nitrogen and oxygen atoms in total. The predicted molar refractivity (Wildman–Crippen MR) is 78.4 cm³/mol. The van der Waals surface area contributed by atoms with Crippen molar-refractivity contribution in [3.63, 3.8) is 0 Å². The third-order valence-electron chi connectivity index (χ3n) is 3.30. The van der Waals surface area contributed by atoms with Crippen LogP contribution in [-0.4, -0.2) is 30.1 Å². The molecule has 1 saturated heterocycles. The van der Waals surface area contributed by atoms with Crippen molar-refractivity contribution in [1.82, 2.24) is 10.2 Å². The van der Waals surface area contributed by atoms with Crippen LogP contribution < -0.4 is 5.32 Å². The fourth-order valence-electron chi connectivity index (χ4n) is 2.47. The van der Waals surface area contributed by atoms with Crippen LogP contribution in [-0.2, 0) is 6.54 Å². The summed E-state index contributed by atoms with van der Waals surface area (Å²) in [6.07, 6.45) is 1.17. The Morgan fingerprint density at radius 1 is 1.33 bits per heavy atom. The monoisotopic (exact) mass is 286 g/mol. The molecule has 1 aliphatic heterocycles. The molecule has 0 saturated carbocycles. The van der Waals surface area contributed by atoms with Crippen molar-refractivity contribution in [2.45, 2.75) is 32.4 Å². The number of nitrogens with one attached hydrogen (secondary N) is 1. The highest BCUT2D eigenvalue weighted by atomic mass is 35.5. The molecule has 1 heterocycles. The Morgan fingerprint density at radius 2 is 2.11 bits per heavy atom. The van der Waals surface area contributed by atoms with Gasteiger partial charge in [-0.15, -0.1) is 0 Å². The van der Waals surface area contributed by atoms with Crippen molar-refractivity contribution in [2.75, 3.05) is 19.6 Å². The first-order valence-corrected chi connectivity index (χ1v) is 7.14. The van der Waals surface area contributed by atoms with Crippen LogP contribution in [0.4, 0.5) is 0 Å². The standard InChI is InChI=1S/C14H20Cl2N2/c1-14(2)10-18(8-4-7-17-14)9-11-5-3-6-12(15)13(11)16/h3,5-6,17H,4,7-10H2,1-2H3. The van der Waals surface area contributed by atoms with Gasteiger partial charge in [0, 0.05) is 18.6 Å². The summed E-state index contributed by atoms with van der Waals surface area (Å²) in [7, 11) is 0. The second-order valence-corrected chi connectivity index (χ2v) is 6.37. The van der Waals surface area contributed by atoms with Gasteiger partial charge in [0.1, 0.15) is 0 Å². The summed E-state index contributed by atoms with van der Waals surface area (Å²) in [5.41, 5.74) is 1.27. The lowest BCUT2D eigenvalue weighted by molar-refractivity contribution is 0.224. The molecule has 1 aliphatic rings. The lowest BCUT2D eigenvalue weighted by atomic mass is 10.1. The minimum Gasteiger partial charge on any atom is -0.310 e. The van der Waals surface area contributed by atoms with Crippen molar-refractivity contribution < 1.29 is 0 Å². The van der Waals surface area contributed by atoms with Gasteiger partial charge in [0.25, 0.3) is 0 Å². The van der Waals surface area contributed by atoms with Gasteiger partial charge >= 0.3 is 0 Å². The molecule has 0 atom stereocenters. The molecule has 0 unspecified atom stereocenters. The van der Waals surface area contributed by atoms with E-state index in [1.165, 1.54) is 6.42 Å². The van der Waals surface area contributed by atoms with Crippen molar-refractivity contribution in [3.05, 3.63) is 33.8 Å².